The molecule has 0 spiro atoms. The number of unbranched alkanes of at least 4 members (excludes halogenated alkanes) is 6. The van der Waals surface area contributed by atoms with Gasteiger partial charge >= 0.3 is 19.5 Å². The molecule has 0 saturated heterocycles. The van der Waals surface area contributed by atoms with E-state index in [1.807, 2.05) is 0 Å². The van der Waals surface area contributed by atoms with Crippen LogP contribution in [0.15, 0.2) is 72.8 Å². The fraction of sp³-hybridized carbons (Fsp3) is 0.410. The number of fused-ring (bicyclic) bond motifs is 8. The van der Waals surface area contributed by atoms with Gasteiger partial charge in [-0.2, -0.15) is 0 Å². The average molecular weight is 936 g/mol. The van der Waals surface area contributed by atoms with Gasteiger partial charge in [0.05, 0.1) is 22.8 Å². The van der Waals surface area contributed by atoms with Crippen LogP contribution < -0.4 is 14.9 Å². The third-order valence-corrected chi connectivity index (χ3v) is 14.2. The van der Waals surface area contributed by atoms with E-state index in [0.29, 0.717) is 11.8 Å². The van der Waals surface area contributed by atoms with Crippen LogP contribution in [0.3, 0.4) is 0 Å². The summed E-state index contributed by atoms with van der Waals surface area (Å²) in [4.78, 5) is 24.4. The summed E-state index contributed by atoms with van der Waals surface area (Å²) in [5, 5.41) is 0. The van der Waals surface area contributed by atoms with Crippen molar-refractivity contribution < 1.29 is 19.5 Å². The first-order valence-electron chi connectivity index (χ1n) is 25.6. The molecule has 2 aliphatic heterocycles. The minimum Gasteiger partial charge on any atom is -0.656 e. The molecule has 4 aliphatic rings. The van der Waals surface area contributed by atoms with Crippen LogP contribution in [-0.2, 0) is 19.5 Å². The molecule has 0 N–H and O–H groups in total. The molecular weight excluding hydrogens is 868 g/mol. The van der Waals surface area contributed by atoms with Gasteiger partial charge in [-0.3, -0.25) is 0 Å². The van der Waals surface area contributed by atoms with Gasteiger partial charge in [0.15, 0.2) is 0 Å². The number of nitrogens with zero attached hydrogens (tertiary/aromatic N) is 5. The summed E-state index contributed by atoms with van der Waals surface area (Å²) >= 11 is 0. The molecule has 2 fully saturated rings. The Morgan fingerprint density at radius 2 is 0.896 bits per heavy atom. The topological polar surface area (TPSA) is 57.2 Å². The van der Waals surface area contributed by atoms with E-state index in [2.05, 4.69) is 146 Å². The van der Waals surface area contributed by atoms with Crippen molar-refractivity contribution >= 4 is 52.1 Å². The monoisotopic (exact) mass is 933 g/mol. The smallest absolute Gasteiger partial charge is 0.656 e. The van der Waals surface area contributed by atoms with Crippen LogP contribution in [0.2, 0.25) is 0 Å². The number of anilines is 1. The van der Waals surface area contributed by atoms with Gasteiger partial charge in [-0.15, -0.1) is 22.1 Å². The third-order valence-electron chi connectivity index (χ3n) is 14.2. The summed E-state index contributed by atoms with van der Waals surface area (Å²) in [6.45, 7) is 8.90. The average Bonchev–Trinajstić information content (AvgIpc) is 4.21. The molecule has 9 rings (SSSR count). The molecule has 2 aromatic carbocycles. The Labute approximate surface area is 413 Å². The molecule has 0 radical (unpaired) electrons. The van der Waals surface area contributed by atoms with Crippen molar-refractivity contribution in [3.8, 4) is 23.7 Å². The van der Waals surface area contributed by atoms with Gasteiger partial charge in [-0.05, 0) is 129 Å². The zero-order chi connectivity index (χ0) is 45.1. The first-order valence-corrected chi connectivity index (χ1v) is 25.6. The Hall–Kier alpha value is -5.42. The van der Waals surface area contributed by atoms with Crippen LogP contribution >= 0.6 is 0 Å². The molecular formula is C61H67N5Zn. The largest absolute Gasteiger partial charge is 2.00 e. The third kappa shape index (κ3) is 11.8. The number of aryl methyl sites for hydroxylation is 1. The van der Waals surface area contributed by atoms with Crippen molar-refractivity contribution in [1.82, 2.24) is 19.9 Å². The Morgan fingerprint density at radius 3 is 1.34 bits per heavy atom. The van der Waals surface area contributed by atoms with Crippen LogP contribution in [0.4, 0.5) is 5.69 Å². The Kier molecular flexibility index (Phi) is 16.9. The van der Waals surface area contributed by atoms with Crippen molar-refractivity contribution in [3.63, 3.8) is 0 Å². The summed E-state index contributed by atoms with van der Waals surface area (Å²) in [6, 6.07) is 26.1. The molecule has 0 unspecified atom stereocenters. The zero-order valence-corrected chi connectivity index (χ0v) is 43.4. The first kappa shape index (κ1) is 48.1. The minimum absolute atomic E-state index is 0. The second kappa shape index (κ2) is 23.5. The minimum atomic E-state index is 0. The van der Waals surface area contributed by atoms with Crippen molar-refractivity contribution in [2.45, 2.75) is 148 Å². The van der Waals surface area contributed by atoms with Gasteiger partial charge < -0.3 is 14.9 Å². The zero-order valence-electron chi connectivity index (χ0n) is 40.5. The maximum Gasteiger partial charge on any atom is 2.00 e. The summed E-state index contributed by atoms with van der Waals surface area (Å²) < 4.78 is 0. The van der Waals surface area contributed by atoms with Crippen LogP contribution in [-0.4, -0.2) is 23.1 Å². The maximum atomic E-state index is 5.48. The number of hydrogen-bond donors (Lipinski definition) is 0. The van der Waals surface area contributed by atoms with Crippen molar-refractivity contribution in [1.29, 1.82) is 0 Å². The van der Waals surface area contributed by atoms with E-state index in [0.717, 1.165) is 106 Å². The van der Waals surface area contributed by atoms with E-state index < -0.39 is 0 Å². The standard InChI is InChI=1S/C61H67N5.Zn/c1-4-6-8-16-42-66(43-17-9-7-5-2)49-30-26-46(27-31-49)29-33-51-54-36-40-58(64-54)60(47-18-12-10-13-19-47)56-38-34-52(62-56)50(32-28-45-24-22-44(3)23-25-45)53-35-39-57(63-53)61(48-20-14-11-15-21-48)59-41-37-55(51)65-59;/h22-27,30-31,34-41,47-48H,4-21,42-43H2,1-3H3;/q-2;+2. The first-order chi connectivity index (χ1) is 32.5. The number of hydrogen-bond acceptors (Lipinski definition) is 3. The predicted molar refractivity (Wildman–Crippen MR) is 279 cm³/mol. The van der Waals surface area contributed by atoms with Crippen LogP contribution in [0.5, 0.6) is 0 Å². The van der Waals surface area contributed by atoms with Crippen LogP contribution in [0.25, 0.3) is 46.4 Å². The van der Waals surface area contributed by atoms with Crippen molar-refractivity contribution in [2.75, 3.05) is 18.0 Å². The molecule has 5 aromatic rings. The SMILES string of the molecule is CCCCCCN(CCCCCC)c1ccc(C#Cc2c3nc(c(C4CCCCC4)c4ccc([n-]4)c(C#Cc4ccc(C)cc4)c4nc(c(C5CCCCC5)c5ccc2[n-]5)C=C4)C=C3)cc1.[Zn+2]. The summed E-state index contributed by atoms with van der Waals surface area (Å²) in [5.41, 5.74) is 16.0. The number of aromatic nitrogens is 4. The van der Waals surface area contributed by atoms with Crippen molar-refractivity contribution in [2.24, 2.45) is 0 Å². The maximum absolute atomic E-state index is 5.48. The van der Waals surface area contributed by atoms with Gasteiger partial charge in [0, 0.05) is 41.0 Å². The van der Waals surface area contributed by atoms with Gasteiger partial charge in [0.2, 0.25) is 0 Å². The summed E-state index contributed by atoms with van der Waals surface area (Å²) in [5.74, 6) is 15.1. The molecule has 0 atom stereocenters. The van der Waals surface area contributed by atoms with E-state index in [1.54, 1.807) is 0 Å². The van der Waals surface area contributed by atoms with E-state index in [1.165, 1.54) is 112 Å². The van der Waals surface area contributed by atoms with E-state index in [-0.39, 0.29) is 19.5 Å². The molecule has 67 heavy (non-hydrogen) atoms. The number of rotatable bonds is 13. The van der Waals surface area contributed by atoms with Crippen LogP contribution in [0.1, 0.15) is 203 Å². The second-order valence-corrected chi connectivity index (χ2v) is 19.1. The molecule has 5 heterocycles. The fourth-order valence-electron chi connectivity index (χ4n) is 10.5. The quantitative estimate of drug-likeness (QED) is 0.0655. The van der Waals surface area contributed by atoms with E-state index >= 15 is 0 Å². The van der Waals surface area contributed by atoms with E-state index in [4.69, 9.17) is 19.9 Å². The predicted octanol–water partition coefficient (Wildman–Crippen LogP) is 15.1. The van der Waals surface area contributed by atoms with E-state index in [9.17, 15) is 0 Å². The molecule has 0 amide bonds. The second-order valence-electron chi connectivity index (χ2n) is 19.1. The summed E-state index contributed by atoms with van der Waals surface area (Å²) in [7, 11) is 0. The summed E-state index contributed by atoms with van der Waals surface area (Å²) in [6.07, 6.45) is 30.8. The van der Waals surface area contributed by atoms with Crippen molar-refractivity contribution in [3.05, 3.63) is 135 Å². The molecule has 2 saturated carbocycles. The van der Waals surface area contributed by atoms with Gasteiger partial charge in [0.1, 0.15) is 0 Å². The Morgan fingerprint density at radius 1 is 0.478 bits per heavy atom. The fourth-order valence-corrected chi connectivity index (χ4v) is 10.5. The number of benzene rings is 2. The molecule has 2 aliphatic carbocycles. The molecule has 8 bridgehead atoms. The Bertz CT molecular complexity index is 2790. The molecule has 3 aromatic heterocycles. The van der Waals surface area contributed by atoms with Crippen LogP contribution in [0, 0.1) is 30.6 Å². The van der Waals surface area contributed by atoms with Gasteiger partial charge in [-0.1, -0.05) is 157 Å². The van der Waals surface area contributed by atoms with Gasteiger partial charge in [-0.25, -0.2) is 9.97 Å². The molecule has 5 nitrogen and oxygen atoms in total. The van der Waals surface area contributed by atoms with Gasteiger partial charge in [0.25, 0.3) is 0 Å². The molecule has 338 valence electrons. The Balaban J connectivity index is 0.00000608. The molecule has 6 heteroatoms. The normalized spacial score (nSPS) is 14.8.